The van der Waals surface area contributed by atoms with Crippen LogP contribution in [-0.2, 0) is 4.74 Å². The number of aryl methyl sites for hydroxylation is 1. The van der Waals surface area contributed by atoms with Gasteiger partial charge in [-0.3, -0.25) is 15.4 Å². The lowest BCUT2D eigenvalue weighted by atomic mass is 10.1. The predicted molar refractivity (Wildman–Crippen MR) is 91.3 cm³/mol. The van der Waals surface area contributed by atoms with Crippen LogP contribution in [0.5, 0.6) is 0 Å². The number of nitrogens with zero attached hydrogens (tertiary/aromatic N) is 2. The second-order valence-corrected chi connectivity index (χ2v) is 6.46. The van der Waals surface area contributed by atoms with Gasteiger partial charge in [0.25, 0.3) is 5.69 Å². The van der Waals surface area contributed by atoms with Gasteiger partial charge in [0.15, 0.2) is 0 Å². The highest BCUT2D eigenvalue weighted by Crippen LogP contribution is 2.33. The van der Waals surface area contributed by atoms with Crippen molar-refractivity contribution in [3.05, 3.63) is 27.8 Å². The molecule has 0 aromatic heterocycles. The average Bonchev–Trinajstić information content (AvgIpc) is 2.38. The fraction of sp³-hybridized carbons (Fsp3) is 0.562. The first-order chi connectivity index (χ1) is 10.5. The summed E-state index contributed by atoms with van der Waals surface area (Å²) in [6.07, 6.45) is 0.232. The Bertz CT molecular complexity index is 594. The molecule has 0 saturated heterocycles. The van der Waals surface area contributed by atoms with Crippen molar-refractivity contribution in [1.82, 2.24) is 0 Å². The summed E-state index contributed by atoms with van der Waals surface area (Å²) < 4.78 is 5.17. The molecule has 0 spiro atoms. The Hall–Kier alpha value is -2.31. The molecular formula is C16H25N3O4. The Morgan fingerprint density at radius 1 is 1.39 bits per heavy atom. The quantitative estimate of drug-likeness (QED) is 0.651. The number of hydrogen-bond donors (Lipinski definition) is 1. The third-order valence-electron chi connectivity index (χ3n) is 3.12. The lowest BCUT2D eigenvalue weighted by molar-refractivity contribution is -0.384. The van der Waals surface area contributed by atoms with Crippen LogP contribution in [0.1, 0.15) is 39.7 Å². The number of hydrogen-bond acceptors (Lipinski definition) is 5. The minimum atomic E-state index is -0.714. The topological polar surface area (TPSA) is 84.7 Å². The first-order valence-electron chi connectivity index (χ1n) is 7.55. The number of amides is 1. The molecule has 23 heavy (non-hydrogen) atoms. The van der Waals surface area contributed by atoms with E-state index < -0.39 is 16.6 Å². The molecule has 1 N–H and O–H groups in total. The summed E-state index contributed by atoms with van der Waals surface area (Å²) >= 11 is 0. The minimum Gasteiger partial charge on any atom is -0.444 e. The number of carbonyl (C=O) groups is 1. The van der Waals surface area contributed by atoms with Gasteiger partial charge in [-0.15, -0.1) is 0 Å². The van der Waals surface area contributed by atoms with Crippen molar-refractivity contribution in [1.29, 1.82) is 0 Å². The number of ether oxygens (including phenoxy) is 1. The lowest BCUT2D eigenvalue weighted by Crippen LogP contribution is -2.27. The van der Waals surface area contributed by atoms with Crippen LogP contribution in [0.2, 0.25) is 0 Å². The molecule has 128 valence electrons. The molecule has 0 aliphatic carbocycles. The van der Waals surface area contributed by atoms with Crippen molar-refractivity contribution in [2.45, 2.75) is 46.6 Å². The highest BCUT2D eigenvalue weighted by molar-refractivity contribution is 5.89. The lowest BCUT2D eigenvalue weighted by Gasteiger charge is -2.23. The maximum Gasteiger partial charge on any atom is 0.412 e. The molecule has 1 amide bonds. The number of nitro groups is 1. The molecule has 1 aromatic carbocycles. The molecule has 1 aromatic rings. The number of carbonyl (C=O) groups excluding carboxylic acids is 1. The summed E-state index contributed by atoms with van der Waals surface area (Å²) in [7, 11) is 1.91. The number of benzene rings is 1. The highest BCUT2D eigenvalue weighted by atomic mass is 16.6. The summed E-state index contributed by atoms with van der Waals surface area (Å²) in [6, 6.07) is 3.08. The van der Waals surface area contributed by atoms with E-state index in [2.05, 4.69) is 12.2 Å². The Morgan fingerprint density at radius 3 is 2.48 bits per heavy atom. The van der Waals surface area contributed by atoms with E-state index in [-0.39, 0.29) is 11.4 Å². The van der Waals surface area contributed by atoms with Crippen LogP contribution in [0.25, 0.3) is 0 Å². The van der Waals surface area contributed by atoms with Gasteiger partial charge in [0.05, 0.1) is 4.92 Å². The summed E-state index contributed by atoms with van der Waals surface area (Å²) in [5, 5.41) is 13.7. The Labute approximate surface area is 136 Å². The maximum atomic E-state index is 11.9. The van der Waals surface area contributed by atoms with Crippen LogP contribution >= 0.6 is 0 Å². The Morgan fingerprint density at radius 2 is 2.00 bits per heavy atom. The molecule has 0 unspecified atom stereocenters. The fourth-order valence-electron chi connectivity index (χ4n) is 2.21. The van der Waals surface area contributed by atoms with Crippen LogP contribution in [0.4, 0.5) is 21.9 Å². The smallest absolute Gasteiger partial charge is 0.412 e. The van der Waals surface area contributed by atoms with Gasteiger partial charge in [0, 0.05) is 25.3 Å². The van der Waals surface area contributed by atoms with Crippen molar-refractivity contribution >= 4 is 23.2 Å². The predicted octanol–water partition coefficient (Wildman–Crippen LogP) is 4.10. The largest absolute Gasteiger partial charge is 0.444 e. The minimum absolute atomic E-state index is 0.132. The molecule has 0 heterocycles. The third-order valence-corrected chi connectivity index (χ3v) is 3.12. The average molecular weight is 323 g/mol. The van der Waals surface area contributed by atoms with Gasteiger partial charge in [0.1, 0.15) is 11.3 Å². The SMILES string of the molecule is CCCN(C)c1cc(NC(=O)OC(C)(C)C)c([N+](=O)[O-])cc1C. The molecule has 7 heteroatoms. The molecule has 1 rings (SSSR count). The van der Waals surface area contributed by atoms with Gasteiger partial charge in [-0.2, -0.15) is 0 Å². The maximum absolute atomic E-state index is 11.9. The second kappa shape index (κ2) is 7.30. The van der Waals surface area contributed by atoms with Crippen LogP contribution < -0.4 is 10.2 Å². The molecule has 0 bridgehead atoms. The zero-order chi connectivity index (χ0) is 17.8. The van der Waals surface area contributed by atoms with Crippen molar-refractivity contribution in [3.63, 3.8) is 0 Å². The van der Waals surface area contributed by atoms with Crippen LogP contribution in [0.15, 0.2) is 12.1 Å². The van der Waals surface area contributed by atoms with Crippen molar-refractivity contribution in [2.75, 3.05) is 23.8 Å². The molecular weight excluding hydrogens is 298 g/mol. The zero-order valence-corrected chi connectivity index (χ0v) is 14.6. The van der Waals surface area contributed by atoms with Crippen LogP contribution in [0, 0.1) is 17.0 Å². The highest BCUT2D eigenvalue weighted by Gasteiger charge is 2.22. The zero-order valence-electron chi connectivity index (χ0n) is 14.6. The van der Waals surface area contributed by atoms with E-state index in [4.69, 9.17) is 4.74 Å². The molecule has 0 aliphatic rings. The van der Waals surface area contributed by atoms with E-state index in [1.54, 1.807) is 26.8 Å². The van der Waals surface area contributed by atoms with E-state index in [0.29, 0.717) is 0 Å². The summed E-state index contributed by atoms with van der Waals surface area (Å²) in [5.74, 6) is 0. The molecule has 7 nitrogen and oxygen atoms in total. The molecule has 0 fully saturated rings. The van der Waals surface area contributed by atoms with Crippen molar-refractivity contribution in [2.24, 2.45) is 0 Å². The van der Waals surface area contributed by atoms with E-state index in [9.17, 15) is 14.9 Å². The standard InChI is InChI=1S/C16H25N3O4/c1-7-8-18(6)13-10-12(14(19(21)22)9-11(13)2)17-15(20)23-16(3,4)5/h9-10H,7-8H2,1-6H3,(H,17,20). The van der Waals surface area contributed by atoms with Gasteiger partial charge in [0.2, 0.25) is 0 Å². The normalized spacial score (nSPS) is 11.0. The van der Waals surface area contributed by atoms with Crippen LogP contribution in [0.3, 0.4) is 0 Å². The molecule has 0 saturated carbocycles. The van der Waals surface area contributed by atoms with Crippen LogP contribution in [-0.4, -0.2) is 30.2 Å². The van der Waals surface area contributed by atoms with E-state index in [0.717, 1.165) is 24.2 Å². The van der Waals surface area contributed by atoms with Gasteiger partial charge < -0.3 is 9.64 Å². The van der Waals surface area contributed by atoms with Gasteiger partial charge in [-0.1, -0.05) is 6.92 Å². The molecule has 0 radical (unpaired) electrons. The van der Waals surface area contributed by atoms with Gasteiger partial charge in [-0.05, 0) is 45.7 Å². The first-order valence-corrected chi connectivity index (χ1v) is 7.55. The Kier molecular flexibility index (Phi) is 5.95. The number of nitro benzene ring substituents is 1. The first kappa shape index (κ1) is 18.7. The summed E-state index contributed by atoms with van der Waals surface area (Å²) in [4.78, 5) is 24.7. The number of rotatable bonds is 5. The fourth-order valence-corrected chi connectivity index (χ4v) is 2.21. The summed E-state index contributed by atoms with van der Waals surface area (Å²) in [6.45, 7) is 9.87. The van der Waals surface area contributed by atoms with E-state index >= 15 is 0 Å². The van der Waals surface area contributed by atoms with Gasteiger partial charge >= 0.3 is 6.09 Å². The third kappa shape index (κ3) is 5.43. The molecule has 0 aliphatic heterocycles. The monoisotopic (exact) mass is 323 g/mol. The summed E-state index contributed by atoms with van der Waals surface area (Å²) in [5.41, 5.74) is 0.923. The van der Waals surface area contributed by atoms with Crippen molar-refractivity contribution in [3.8, 4) is 0 Å². The van der Waals surface area contributed by atoms with Crippen molar-refractivity contribution < 1.29 is 14.5 Å². The number of anilines is 2. The second-order valence-electron chi connectivity index (χ2n) is 6.46. The van der Waals surface area contributed by atoms with E-state index in [1.165, 1.54) is 6.07 Å². The van der Waals surface area contributed by atoms with E-state index in [1.807, 2.05) is 18.9 Å². The number of nitrogens with one attached hydrogen (secondary N) is 1. The molecule has 0 atom stereocenters. The van der Waals surface area contributed by atoms with Gasteiger partial charge in [-0.25, -0.2) is 4.79 Å². The Balaban J connectivity index is 3.19.